The molecule has 2 aliphatic carbocycles. The summed E-state index contributed by atoms with van der Waals surface area (Å²) in [7, 11) is 0.543. The molecule has 3 aromatic carbocycles. The van der Waals surface area contributed by atoms with E-state index in [1.54, 1.807) is 36.1 Å². The van der Waals surface area contributed by atoms with E-state index in [1.807, 2.05) is 0 Å². The Balaban J connectivity index is 0.000000406. The van der Waals surface area contributed by atoms with Crippen LogP contribution in [0, 0.1) is 0 Å². The molecule has 0 aromatic heterocycles. The topological polar surface area (TPSA) is 0 Å². The second-order valence-electron chi connectivity index (χ2n) is 9.64. The molecule has 33 heavy (non-hydrogen) atoms. The number of hydrogen-bond acceptors (Lipinski definition) is 0. The molecule has 1 saturated heterocycles. The normalized spacial score (nSPS) is 21.0. The summed E-state index contributed by atoms with van der Waals surface area (Å²) < 4.78 is 3.33. The Morgan fingerprint density at radius 2 is 1.58 bits per heavy atom. The summed E-state index contributed by atoms with van der Waals surface area (Å²) in [6.07, 6.45) is 10.4. The van der Waals surface area contributed by atoms with Gasteiger partial charge in [-0.3, -0.25) is 0 Å². The van der Waals surface area contributed by atoms with Crippen molar-refractivity contribution in [2.45, 2.75) is 52.0 Å². The van der Waals surface area contributed by atoms with Crippen molar-refractivity contribution < 1.29 is 22.9 Å². The number of rotatable bonds is 4. The van der Waals surface area contributed by atoms with E-state index >= 15 is 0 Å². The molecule has 0 amide bonds. The quantitative estimate of drug-likeness (QED) is 0.260. The summed E-state index contributed by atoms with van der Waals surface area (Å²) in [6, 6.07) is 30.0. The van der Waals surface area contributed by atoms with Crippen molar-refractivity contribution in [3.05, 3.63) is 107 Å². The van der Waals surface area contributed by atoms with Gasteiger partial charge in [-0.25, -0.2) is 0 Å². The molecule has 166 valence electrons. The third-order valence-corrected chi connectivity index (χ3v) is 14.5. The number of hydrogen-bond donors (Lipinski definition) is 0. The maximum absolute atomic E-state index is 2.55. The van der Waals surface area contributed by atoms with Gasteiger partial charge in [0.25, 0.3) is 0 Å². The van der Waals surface area contributed by atoms with Gasteiger partial charge in [0.05, 0.1) is 0 Å². The van der Waals surface area contributed by atoms with Gasteiger partial charge in [0.15, 0.2) is 0 Å². The van der Waals surface area contributed by atoms with Gasteiger partial charge in [-0.2, -0.15) is 0 Å². The SMILES string of the molecule is C1CC[SiH2]C1.[CH3][Hf][CH](C1C=Cc2c(-c3ccccc3)cccc21)C1C(C)=Cc2ccccc21. The van der Waals surface area contributed by atoms with Crippen molar-refractivity contribution >= 4 is 21.7 Å². The van der Waals surface area contributed by atoms with Gasteiger partial charge < -0.3 is 0 Å². The minimum absolute atomic E-state index is 0.543. The van der Waals surface area contributed by atoms with Crippen LogP contribution in [0.2, 0.25) is 20.4 Å². The summed E-state index contributed by atoms with van der Waals surface area (Å²) in [4.78, 5) is 0. The van der Waals surface area contributed by atoms with Gasteiger partial charge in [-0.05, 0) is 0 Å². The Morgan fingerprint density at radius 3 is 2.30 bits per heavy atom. The second kappa shape index (κ2) is 10.7. The van der Waals surface area contributed by atoms with E-state index in [4.69, 9.17) is 0 Å². The Bertz CT molecular complexity index is 1150. The summed E-state index contributed by atoms with van der Waals surface area (Å²) >= 11 is -0.762. The fraction of sp³-hybridized carbons (Fsp3) is 0.290. The van der Waals surface area contributed by atoms with Crippen molar-refractivity contribution in [3.63, 3.8) is 0 Å². The van der Waals surface area contributed by atoms with Crippen LogP contribution in [0.3, 0.4) is 0 Å². The Hall–Kier alpha value is -1.77. The van der Waals surface area contributed by atoms with Crippen LogP contribution in [-0.4, -0.2) is 9.52 Å². The van der Waals surface area contributed by atoms with Crippen LogP contribution >= 0.6 is 0 Å². The predicted molar refractivity (Wildman–Crippen MR) is 143 cm³/mol. The van der Waals surface area contributed by atoms with Crippen LogP contribution in [0.25, 0.3) is 23.3 Å². The van der Waals surface area contributed by atoms with Crippen LogP contribution in [0.15, 0.2) is 84.4 Å². The molecular formula is C31H34HfSi. The van der Waals surface area contributed by atoms with Crippen LogP contribution in [0.1, 0.15) is 53.9 Å². The first-order valence-electron chi connectivity index (χ1n) is 12.6. The van der Waals surface area contributed by atoms with E-state index in [2.05, 4.69) is 103 Å². The maximum atomic E-state index is 2.55. The van der Waals surface area contributed by atoms with Gasteiger partial charge in [-0.15, -0.1) is 0 Å². The molecular weight excluding hydrogens is 579 g/mol. The van der Waals surface area contributed by atoms with Gasteiger partial charge in [0.1, 0.15) is 0 Å². The average molecular weight is 613 g/mol. The van der Waals surface area contributed by atoms with Crippen LogP contribution in [0.5, 0.6) is 0 Å². The third-order valence-electron chi connectivity index (χ3n) is 7.59. The van der Waals surface area contributed by atoms with E-state index in [9.17, 15) is 0 Å². The summed E-state index contributed by atoms with van der Waals surface area (Å²) in [6.45, 7) is 2.34. The monoisotopic (exact) mass is 614 g/mol. The van der Waals surface area contributed by atoms with Crippen molar-refractivity contribution in [2.24, 2.45) is 0 Å². The molecule has 1 aliphatic heterocycles. The molecule has 0 radical (unpaired) electrons. The van der Waals surface area contributed by atoms with E-state index in [0.29, 0.717) is 21.4 Å². The van der Waals surface area contributed by atoms with E-state index in [-0.39, 0.29) is 0 Å². The fourth-order valence-corrected chi connectivity index (χ4v) is 12.9. The summed E-state index contributed by atoms with van der Waals surface area (Å²) in [5.74, 6) is 1.16. The fourth-order valence-electron chi connectivity index (χ4n) is 5.97. The zero-order chi connectivity index (χ0) is 22.6. The Kier molecular flexibility index (Phi) is 7.42. The molecule has 6 rings (SSSR count). The zero-order valence-corrected chi connectivity index (χ0v) is 24.9. The van der Waals surface area contributed by atoms with Crippen LogP contribution in [-0.2, 0) is 22.9 Å². The van der Waals surface area contributed by atoms with Crippen molar-refractivity contribution in [2.75, 3.05) is 0 Å². The predicted octanol–water partition coefficient (Wildman–Crippen LogP) is 8.37. The van der Waals surface area contributed by atoms with Crippen molar-refractivity contribution in [3.8, 4) is 11.1 Å². The third kappa shape index (κ3) is 4.75. The molecule has 2 heteroatoms. The van der Waals surface area contributed by atoms with Gasteiger partial charge in [0, 0.05) is 9.52 Å². The Morgan fingerprint density at radius 1 is 0.848 bits per heavy atom. The molecule has 3 aromatic rings. The molecule has 0 spiro atoms. The first-order valence-corrected chi connectivity index (χ1v) is 20.3. The zero-order valence-electron chi connectivity index (χ0n) is 19.9. The number of allylic oxidation sites excluding steroid dienone is 2. The van der Waals surface area contributed by atoms with E-state index < -0.39 is 22.9 Å². The van der Waals surface area contributed by atoms with E-state index in [0.717, 1.165) is 3.67 Å². The number of benzene rings is 3. The minimum atomic E-state index is -0.762. The molecule has 0 nitrogen and oxygen atoms in total. The average Bonchev–Trinajstić information content (AvgIpc) is 3.62. The van der Waals surface area contributed by atoms with Gasteiger partial charge >= 0.3 is 180 Å². The molecule has 1 heterocycles. The Labute approximate surface area is 213 Å². The molecule has 1 fully saturated rings. The molecule has 0 saturated carbocycles. The summed E-state index contributed by atoms with van der Waals surface area (Å²) in [5, 5.41) is 0. The van der Waals surface area contributed by atoms with Crippen molar-refractivity contribution in [1.29, 1.82) is 0 Å². The number of fused-ring (bicyclic) bond motifs is 2. The first kappa shape index (κ1) is 23.0. The molecule has 0 bridgehead atoms. The first-order chi connectivity index (χ1) is 16.3. The molecule has 3 aliphatic rings. The molecule has 0 N–H and O–H groups in total. The van der Waals surface area contributed by atoms with Crippen LogP contribution in [0.4, 0.5) is 0 Å². The van der Waals surface area contributed by atoms with E-state index in [1.165, 1.54) is 27.8 Å². The van der Waals surface area contributed by atoms with Crippen LogP contribution < -0.4 is 0 Å². The standard InChI is InChI=1S/C26H21.C4H10Si.CH3.Hf/c1-18-16-20-10-5-6-11-24(20)26(18)17-21-14-15-25-22(12-7-13-23(21)25)19-8-3-2-4-9-19;1-2-4-5-3-1;;/h2-17,21,26H,1H3;1-5H2;1H3;. The molecule has 3 atom stereocenters. The summed E-state index contributed by atoms with van der Waals surface area (Å²) in [5.41, 5.74) is 10.2. The van der Waals surface area contributed by atoms with Gasteiger partial charge in [-0.1, -0.05) is 24.9 Å². The molecule has 3 unspecified atom stereocenters. The van der Waals surface area contributed by atoms with Gasteiger partial charge in [0.2, 0.25) is 0 Å². The van der Waals surface area contributed by atoms with Crippen molar-refractivity contribution in [1.82, 2.24) is 0 Å². The second-order valence-corrected chi connectivity index (χ2v) is 16.2.